The lowest BCUT2D eigenvalue weighted by molar-refractivity contribution is 0.102. The summed E-state index contributed by atoms with van der Waals surface area (Å²) in [5, 5.41) is 2.85. The van der Waals surface area contributed by atoms with E-state index in [9.17, 15) is 4.79 Å². The molecular formula is C22H25N7O3. The molecule has 32 heavy (non-hydrogen) atoms. The molecule has 0 aliphatic carbocycles. The number of carbonyl (C=O) groups excluding carboxylic acids is 1. The smallest absolute Gasteiger partial charge is 0.278 e. The Bertz CT molecular complexity index is 1120. The standard InChI is InChI=1S/C22H25N7O3/c1-29-8-10-32-19-4-3-14(31-9-2-6-23)11-15(19)16-13-26-21(24)20(27-16)22(30)28-17-12-25-7-5-18(17)29/h3-5,7,11-13H,2,6,8-10,23H2,1H3,(H2,24,26)(H,28,30). The van der Waals surface area contributed by atoms with Crippen LogP contribution in [0.3, 0.4) is 0 Å². The Morgan fingerprint density at radius 2 is 2.16 bits per heavy atom. The van der Waals surface area contributed by atoms with E-state index in [-0.39, 0.29) is 11.5 Å². The minimum atomic E-state index is -0.475. The number of fused-ring (bicyclic) bond motifs is 5. The van der Waals surface area contributed by atoms with E-state index >= 15 is 0 Å². The van der Waals surface area contributed by atoms with Crippen LogP contribution in [-0.4, -0.2) is 54.2 Å². The predicted octanol–water partition coefficient (Wildman–Crippen LogP) is 1.93. The van der Waals surface area contributed by atoms with Crippen molar-refractivity contribution in [1.29, 1.82) is 0 Å². The zero-order chi connectivity index (χ0) is 22.5. The highest BCUT2D eigenvalue weighted by molar-refractivity contribution is 6.07. The van der Waals surface area contributed by atoms with Gasteiger partial charge in [-0.05, 0) is 37.2 Å². The quantitative estimate of drug-likeness (QED) is 0.524. The number of anilines is 3. The maximum Gasteiger partial charge on any atom is 0.278 e. The van der Waals surface area contributed by atoms with Crippen LogP contribution in [0.1, 0.15) is 16.9 Å². The molecule has 166 valence electrons. The molecule has 0 spiro atoms. The lowest BCUT2D eigenvalue weighted by atomic mass is 10.1. The number of pyridine rings is 1. The fourth-order valence-electron chi connectivity index (χ4n) is 3.30. The van der Waals surface area contributed by atoms with E-state index in [1.54, 1.807) is 12.4 Å². The molecule has 1 aliphatic heterocycles. The van der Waals surface area contributed by atoms with E-state index in [1.165, 1.54) is 6.20 Å². The summed E-state index contributed by atoms with van der Waals surface area (Å²) in [6.07, 6.45) is 5.49. The van der Waals surface area contributed by atoms with E-state index in [2.05, 4.69) is 20.3 Å². The average Bonchev–Trinajstić information content (AvgIpc) is 2.80. The summed E-state index contributed by atoms with van der Waals surface area (Å²) in [5.74, 6) is 0.795. The van der Waals surface area contributed by atoms with Gasteiger partial charge in [0.25, 0.3) is 5.91 Å². The SMILES string of the molecule is CN1CCOc2ccc(OCCCN)cc2-c2cnc(N)c(n2)C(=O)Nc2cnccc21. The lowest BCUT2D eigenvalue weighted by Gasteiger charge is -2.22. The van der Waals surface area contributed by atoms with E-state index < -0.39 is 5.91 Å². The first-order valence-corrected chi connectivity index (χ1v) is 10.3. The second kappa shape index (κ2) is 9.48. The van der Waals surface area contributed by atoms with Crippen LogP contribution >= 0.6 is 0 Å². The van der Waals surface area contributed by atoms with Gasteiger partial charge in [-0.1, -0.05) is 0 Å². The Kier molecular flexibility index (Phi) is 6.31. The van der Waals surface area contributed by atoms with Crippen LogP contribution in [0.2, 0.25) is 0 Å². The van der Waals surface area contributed by atoms with Crippen molar-refractivity contribution in [2.24, 2.45) is 5.73 Å². The summed E-state index contributed by atoms with van der Waals surface area (Å²) >= 11 is 0. The number of hydrogen-bond donors (Lipinski definition) is 3. The molecule has 0 saturated heterocycles. The van der Waals surface area contributed by atoms with Gasteiger partial charge in [-0.15, -0.1) is 0 Å². The van der Waals surface area contributed by atoms with Crippen LogP contribution in [-0.2, 0) is 0 Å². The number of nitrogens with one attached hydrogen (secondary N) is 1. The van der Waals surface area contributed by atoms with Crippen molar-refractivity contribution in [3.8, 4) is 22.8 Å². The Morgan fingerprint density at radius 3 is 3.00 bits per heavy atom. The van der Waals surface area contributed by atoms with E-state index in [1.807, 2.05) is 36.2 Å². The number of hydrogen-bond acceptors (Lipinski definition) is 9. The molecule has 3 heterocycles. The highest BCUT2D eigenvalue weighted by Gasteiger charge is 2.20. The highest BCUT2D eigenvalue weighted by Crippen LogP contribution is 2.34. The summed E-state index contributed by atoms with van der Waals surface area (Å²) < 4.78 is 11.9. The topological polar surface area (TPSA) is 142 Å². The van der Waals surface area contributed by atoms with Gasteiger partial charge in [0.05, 0.1) is 42.6 Å². The number of amides is 1. The van der Waals surface area contributed by atoms with Crippen molar-refractivity contribution in [2.45, 2.75) is 6.42 Å². The van der Waals surface area contributed by atoms with E-state index in [0.717, 1.165) is 12.1 Å². The molecule has 2 aromatic heterocycles. The van der Waals surface area contributed by atoms with Crippen molar-refractivity contribution in [1.82, 2.24) is 15.0 Å². The van der Waals surface area contributed by atoms with Crippen LogP contribution in [0.5, 0.6) is 11.5 Å². The van der Waals surface area contributed by atoms with Crippen LogP contribution < -0.4 is 31.2 Å². The largest absolute Gasteiger partial charge is 0.494 e. The number of likely N-dealkylation sites (N-methyl/N-ethyl adjacent to an activating group) is 1. The summed E-state index contributed by atoms with van der Waals surface area (Å²) in [6.45, 7) is 2.02. The van der Waals surface area contributed by atoms with E-state index in [0.29, 0.717) is 54.7 Å². The number of ether oxygens (including phenoxy) is 2. The zero-order valence-corrected chi connectivity index (χ0v) is 17.7. The number of aromatic nitrogens is 3. The van der Waals surface area contributed by atoms with Gasteiger partial charge in [-0.25, -0.2) is 9.97 Å². The van der Waals surface area contributed by atoms with Crippen LogP contribution in [0.4, 0.5) is 17.2 Å². The molecule has 10 nitrogen and oxygen atoms in total. The van der Waals surface area contributed by atoms with Gasteiger partial charge in [-0.2, -0.15) is 0 Å². The molecule has 1 aliphatic rings. The molecule has 1 amide bonds. The van der Waals surface area contributed by atoms with E-state index in [4.69, 9.17) is 20.9 Å². The summed E-state index contributed by atoms with van der Waals surface area (Å²) in [4.78, 5) is 27.8. The maximum absolute atomic E-state index is 13.0. The van der Waals surface area contributed by atoms with Gasteiger partial charge in [0.15, 0.2) is 11.5 Å². The van der Waals surface area contributed by atoms with Crippen molar-refractivity contribution in [3.63, 3.8) is 0 Å². The molecule has 0 saturated carbocycles. The summed E-state index contributed by atoms with van der Waals surface area (Å²) in [6, 6.07) is 7.29. The summed E-state index contributed by atoms with van der Waals surface area (Å²) in [7, 11) is 1.91. The molecule has 0 unspecified atom stereocenters. The minimum Gasteiger partial charge on any atom is -0.494 e. The molecule has 4 rings (SSSR count). The Morgan fingerprint density at radius 1 is 1.28 bits per heavy atom. The van der Waals surface area contributed by atoms with Crippen molar-refractivity contribution in [3.05, 3.63) is 48.5 Å². The predicted molar refractivity (Wildman–Crippen MR) is 122 cm³/mol. The van der Waals surface area contributed by atoms with Gasteiger partial charge in [0.2, 0.25) is 0 Å². The van der Waals surface area contributed by atoms with Crippen molar-refractivity contribution in [2.75, 3.05) is 49.3 Å². The highest BCUT2D eigenvalue weighted by atomic mass is 16.5. The first-order valence-electron chi connectivity index (χ1n) is 10.3. The third-order valence-corrected chi connectivity index (χ3v) is 5.00. The first kappa shape index (κ1) is 21.3. The third kappa shape index (κ3) is 4.54. The average molecular weight is 435 g/mol. The fraction of sp³-hybridized carbons (Fsp3) is 0.273. The minimum absolute atomic E-state index is 0.0135. The van der Waals surface area contributed by atoms with Crippen molar-refractivity contribution < 1.29 is 14.3 Å². The van der Waals surface area contributed by atoms with Gasteiger partial charge < -0.3 is 31.2 Å². The van der Waals surface area contributed by atoms with Crippen LogP contribution in [0, 0.1) is 0 Å². The fourth-order valence-corrected chi connectivity index (χ4v) is 3.30. The molecular weight excluding hydrogens is 410 g/mol. The molecule has 0 radical (unpaired) electrons. The monoisotopic (exact) mass is 435 g/mol. The number of nitrogen functional groups attached to an aromatic ring is 1. The maximum atomic E-state index is 13.0. The zero-order valence-electron chi connectivity index (χ0n) is 17.7. The van der Waals surface area contributed by atoms with Gasteiger partial charge in [-0.3, -0.25) is 9.78 Å². The van der Waals surface area contributed by atoms with Crippen molar-refractivity contribution >= 4 is 23.1 Å². The number of nitrogens with zero attached hydrogens (tertiary/aromatic N) is 4. The Hall–Kier alpha value is -3.92. The number of benzene rings is 1. The third-order valence-electron chi connectivity index (χ3n) is 5.00. The number of rotatable bonds is 4. The van der Waals surface area contributed by atoms with Crippen LogP contribution in [0.15, 0.2) is 42.9 Å². The first-order chi connectivity index (χ1) is 15.6. The number of nitrogens with two attached hydrogens (primary N) is 2. The molecule has 3 aromatic rings. The second-order valence-electron chi connectivity index (χ2n) is 7.25. The van der Waals surface area contributed by atoms with Crippen LogP contribution in [0.25, 0.3) is 11.3 Å². The Labute approximate surface area is 185 Å². The molecule has 0 atom stereocenters. The normalized spacial score (nSPS) is 13.4. The second-order valence-corrected chi connectivity index (χ2v) is 7.25. The molecule has 10 heteroatoms. The molecule has 1 aromatic carbocycles. The molecule has 5 N–H and O–H groups in total. The number of carbonyl (C=O) groups is 1. The van der Waals surface area contributed by atoms with Gasteiger partial charge >= 0.3 is 0 Å². The molecule has 2 bridgehead atoms. The molecule has 0 fully saturated rings. The Balaban J connectivity index is 1.78. The van der Waals surface area contributed by atoms with Gasteiger partial charge in [0.1, 0.15) is 18.1 Å². The lowest BCUT2D eigenvalue weighted by Crippen LogP contribution is -2.25. The van der Waals surface area contributed by atoms with Gasteiger partial charge in [0, 0.05) is 18.8 Å². The summed E-state index contributed by atoms with van der Waals surface area (Å²) in [5.41, 5.74) is 14.0.